The van der Waals surface area contributed by atoms with Gasteiger partial charge in [-0.2, -0.15) is 4.37 Å². The first-order valence-corrected chi connectivity index (χ1v) is 7.61. The zero-order valence-electron chi connectivity index (χ0n) is 9.47. The lowest BCUT2D eigenvalue weighted by Crippen LogP contribution is -2.13. The Kier molecular flexibility index (Phi) is 3.55. The van der Waals surface area contributed by atoms with E-state index >= 15 is 0 Å². The molecule has 1 aromatic rings. The van der Waals surface area contributed by atoms with Gasteiger partial charge in [-0.15, -0.1) is 0 Å². The van der Waals surface area contributed by atoms with Gasteiger partial charge in [-0.25, -0.2) is 8.42 Å². The maximum Gasteiger partial charge on any atom is 0.187 e. The van der Waals surface area contributed by atoms with Crippen LogP contribution in [-0.4, -0.2) is 38.3 Å². The highest BCUT2D eigenvalue weighted by molar-refractivity contribution is 7.92. The fourth-order valence-corrected chi connectivity index (χ4v) is 4.40. The average molecular weight is 277 g/mol. The number of sulfone groups is 1. The van der Waals surface area contributed by atoms with Crippen LogP contribution in [0.3, 0.4) is 0 Å². The van der Waals surface area contributed by atoms with E-state index in [0.29, 0.717) is 18.2 Å². The molecule has 8 heteroatoms. The summed E-state index contributed by atoms with van der Waals surface area (Å²) in [4.78, 5) is 0.168. The predicted octanol–water partition coefficient (Wildman–Crippen LogP) is 0.720. The molecule has 1 saturated carbocycles. The van der Waals surface area contributed by atoms with Crippen molar-refractivity contribution in [2.24, 2.45) is 0 Å². The molecule has 1 aliphatic rings. The zero-order chi connectivity index (χ0) is 12.5. The Balaban J connectivity index is 2.23. The molecular formula is C9H15N3O3S2. The summed E-state index contributed by atoms with van der Waals surface area (Å²) >= 11 is 1.08. The molecule has 1 fully saturated rings. The van der Waals surface area contributed by atoms with E-state index in [9.17, 15) is 8.42 Å². The number of hydrogen-bond acceptors (Lipinski definition) is 7. The maximum atomic E-state index is 12.1. The van der Waals surface area contributed by atoms with Gasteiger partial charge in [0.1, 0.15) is 9.90 Å². The summed E-state index contributed by atoms with van der Waals surface area (Å²) in [5.74, 6) is 0.0989. The van der Waals surface area contributed by atoms with Crippen LogP contribution in [0, 0.1) is 0 Å². The smallest absolute Gasteiger partial charge is 0.187 e. The Bertz CT molecular complexity index is 494. The first-order valence-electron chi connectivity index (χ1n) is 5.29. The van der Waals surface area contributed by atoms with Crippen molar-refractivity contribution < 1.29 is 13.2 Å². The van der Waals surface area contributed by atoms with Crippen LogP contribution in [0.2, 0.25) is 0 Å². The summed E-state index contributed by atoms with van der Waals surface area (Å²) in [6.45, 7) is 1.03. The van der Waals surface area contributed by atoms with E-state index in [1.54, 1.807) is 7.11 Å². The van der Waals surface area contributed by atoms with Gasteiger partial charge in [0.25, 0.3) is 0 Å². The minimum atomic E-state index is -3.30. The standard InChI is InChI=1S/C9H15N3O3S2/c1-15-5-4-11-9-7(8(10)12-16-9)17(13,14)6-2-3-6/h6,11H,2-5H2,1H3,(H2,10,12). The second kappa shape index (κ2) is 4.79. The average Bonchev–Trinajstić information content (AvgIpc) is 3.05. The fourth-order valence-electron chi connectivity index (χ4n) is 1.49. The third-order valence-corrected chi connectivity index (χ3v) is 5.79. The van der Waals surface area contributed by atoms with Crippen LogP contribution < -0.4 is 11.1 Å². The molecule has 0 bridgehead atoms. The molecule has 2 rings (SSSR count). The minimum Gasteiger partial charge on any atom is -0.383 e. The summed E-state index contributed by atoms with van der Waals surface area (Å²) < 4.78 is 33.1. The van der Waals surface area contributed by atoms with Gasteiger partial charge in [-0.05, 0) is 24.4 Å². The summed E-state index contributed by atoms with van der Waals surface area (Å²) in [6.07, 6.45) is 1.43. The van der Waals surface area contributed by atoms with Gasteiger partial charge < -0.3 is 15.8 Å². The third-order valence-electron chi connectivity index (χ3n) is 2.51. The number of nitrogen functional groups attached to an aromatic ring is 1. The Morgan fingerprint density at radius 3 is 2.88 bits per heavy atom. The highest BCUT2D eigenvalue weighted by atomic mass is 32.2. The van der Waals surface area contributed by atoms with Crippen LogP contribution in [-0.2, 0) is 14.6 Å². The second-order valence-electron chi connectivity index (χ2n) is 3.89. The zero-order valence-corrected chi connectivity index (χ0v) is 11.1. The van der Waals surface area contributed by atoms with Gasteiger partial charge in [0.15, 0.2) is 15.7 Å². The molecule has 17 heavy (non-hydrogen) atoms. The van der Waals surface area contributed by atoms with Crippen molar-refractivity contribution in [2.75, 3.05) is 31.3 Å². The van der Waals surface area contributed by atoms with Crippen molar-refractivity contribution in [2.45, 2.75) is 23.0 Å². The number of rotatable bonds is 6. The number of methoxy groups -OCH3 is 1. The van der Waals surface area contributed by atoms with E-state index in [4.69, 9.17) is 10.5 Å². The van der Waals surface area contributed by atoms with Crippen LogP contribution in [0.1, 0.15) is 12.8 Å². The Morgan fingerprint density at radius 1 is 1.59 bits per heavy atom. The molecule has 0 unspecified atom stereocenters. The maximum absolute atomic E-state index is 12.1. The highest BCUT2D eigenvalue weighted by Crippen LogP contribution is 2.40. The van der Waals surface area contributed by atoms with Gasteiger partial charge in [0, 0.05) is 13.7 Å². The quantitative estimate of drug-likeness (QED) is 0.744. The Morgan fingerprint density at radius 2 is 2.29 bits per heavy atom. The molecule has 0 amide bonds. The predicted molar refractivity (Wildman–Crippen MR) is 67.1 cm³/mol. The highest BCUT2D eigenvalue weighted by Gasteiger charge is 2.40. The van der Waals surface area contributed by atoms with E-state index < -0.39 is 9.84 Å². The molecule has 6 nitrogen and oxygen atoms in total. The second-order valence-corrected chi connectivity index (χ2v) is 6.83. The summed E-state index contributed by atoms with van der Waals surface area (Å²) in [5, 5.41) is 3.24. The van der Waals surface area contributed by atoms with E-state index in [-0.39, 0.29) is 16.0 Å². The van der Waals surface area contributed by atoms with Gasteiger partial charge in [-0.3, -0.25) is 0 Å². The van der Waals surface area contributed by atoms with Crippen molar-refractivity contribution in [1.29, 1.82) is 0 Å². The van der Waals surface area contributed by atoms with Crippen molar-refractivity contribution >= 4 is 32.2 Å². The van der Waals surface area contributed by atoms with E-state index in [0.717, 1.165) is 24.4 Å². The van der Waals surface area contributed by atoms with Crippen LogP contribution >= 0.6 is 11.5 Å². The van der Waals surface area contributed by atoms with Gasteiger partial charge >= 0.3 is 0 Å². The molecule has 1 aromatic heterocycles. The van der Waals surface area contributed by atoms with E-state index in [1.165, 1.54) is 0 Å². The first kappa shape index (κ1) is 12.6. The normalized spacial score (nSPS) is 16.1. The molecule has 1 aliphatic carbocycles. The summed E-state index contributed by atoms with van der Waals surface area (Å²) in [6, 6.07) is 0. The minimum absolute atomic E-state index is 0.0989. The summed E-state index contributed by atoms with van der Waals surface area (Å²) in [7, 11) is -1.71. The van der Waals surface area contributed by atoms with E-state index in [2.05, 4.69) is 9.69 Å². The molecule has 0 aromatic carbocycles. The molecule has 0 radical (unpaired) electrons. The number of aromatic nitrogens is 1. The molecule has 0 spiro atoms. The van der Waals surface area contributed by atoms with Crippen molar-refractivity contribution in [1.82, 2.24) is 4.37 Å². The first-order chi connectivity index (χ1) is 8.07. The lowest BCUT2D eigenvalue weighted by atomic mass is 10.6. The van der Waals surface area contributed by atoms with Crippen LogP contribution in [0.4, 0.5) is 10.8 Å². The summed E-state index contributed by atoms with van der Waals surface area (Å²) in [5.41, 5.74) is 5.65. The molecule has 0 atom stereocenters. The lowest BCUT2D eigenvalue weighted by molar-refractivity contribution is 0.211. The molecule has 1 heterocycles. The van der Waals surface area contributed by atoms with Crippen LogP contribution in [0.15, 0.2) is 4.90 Å². The Labute approximate surface area is 104 Å². The third kappa shape index (κ3) is 2.53. The monoisotopic (exact) mass is 277 g/mol. The number of anilines is 2. The molecule has 3 N–H and O–H groups in total. The van der Waals surface area contributed by atoms with Crippen LogP contribution in [0.5, 0.6) is 0 Å². The Hall–Kier alpha value is -0.860. The van der Waals surface area contributed by atoms with Crippen LogP contribution in [0.25, 0.3) is 0 Å². The fraction of sp³-hybridized carbons (Fsp3) is 0.667. The topological polar surface area (TPSA) is 94.3 Å². The molecule has 0 aliphatic heterocycles. The van der Waals surface area contributed by atoms with Crippen molar-refractivity contribution in [3.05, 3.63) is 0 Å². The lowest BCUT2D eigenvalue weighted by Gasteiger charge is -2.06. The number of nitrogens with two attached hydrogens (primary N) is 1. The molecule has 96 valence electrons. The largest absolute Gasteiger partial charge is 0.383 e. The molecule has 0 saturated heterocycles. The van der Waals surface area contributed by atoms with E-state index in [1.807, 2.05) is 0 Å². The number of ether oxygens (including phenoxy) is 1. The molecular weight excluding hydrogens is 262 g/mol. The number of nitrogens with zero attached hydrogens (tertiary/aromatic N) is 1. The van der Waals surface area contributed by atoms with Gasteiger partial charge in [-0.1, -0.05) is 0 Å². The van der Waals surface area contributed by atoms with Crippen molar-refractivity contribution in [3.8, 4) is 0 Å². The van der Waals surface area contributed by atoms with Gasteiger partial charge in [0.2, 0.25) is 0 Å². The number of nitrogens with one attached hydrogen (secondary N) is 1. The number of hydrogen-bond donors (Lipinski definition) is 2. The van der Waals surface area contributed by atoms with Gasteiger partial charge in [0.05, 0.1) is 11.9 Å². The van der Waals surface area contributed by atoms with Crippen molar-refractivity contribution in [3.63, 3.8) is 0 Å². The SMILES string of the molecule is COCCNc1snc(N)c1S(=O)(=O)C1CC1.